The molecule has 0 fully saturated rings. The lowest BCUT2D eigenvalue weighted by molar-refractivity contribution is -0.126. The molecule has 1 aromatic carbocycles. The van der Waals surface area contributed by atoms with Crippen LogP contribution in [0.5, 0.6) is 5.75 Å². The molecule has 108 valence electrons. The van der Waals surface area contributed by atoms with Gasteiger partial charge in [-0.2, -0.15) is 0 Å². The second-order valence-corrected chi connectivity index (χ2v) is 4.97. The second kappa shape index (κ2) is 5.92. The third-order valence-electron chi connectivity index (χ3n) is 3.41. The summed E-state index contributed by atoms with van der Waals surface area (Å²) in [5.41, 5.74) is 13.3. The van der Waals surface area contributed by atoms with Crippen molar-refractivity contribution in [2.75, 3.05) is 0 Å². The van der Waals surface area contributed by atoms with Crippen LogP contribution in [-0.4, -0.2) is 18.0 Å². The van der Waals surface area contributed by atoms with E-state index in [1.807, 2.05) is 23.5 Å². The topological polar surface area (TPSA) is 107 Å². The number of fused-ring (bicyclic) bond motifs is 1. The predicted octanol–water partition coefficient (Wildman–Crippen LogP) is 0.985. The fourth-order valence-corrected chi connectivity index (χ4v) is 2.37. The molecule has 0 saturated carbocycles. The van der Waals surface area contributed by atoms with Crippen LogP contribution in [0.3, 0.4) is 0 Å². The van der Waals surface area contributed by atoms with Crippen molar-refractivity contribution in [3.8, 4) is 5.75 Å². The molecule has 2 rings (SSSR count). The summed E-state index contributed by atoms with van der Waals surface area (Å²) in [6.07, 6.45) is 2.25. The molecule has 20 heavy (non-hydrogen) atoms. The number of nitrogens with two attached hydrogens (primary N) is 2. The Morgan fingerprint density at radius 2 is 2.20 bits per heavy atom. The van der Waals surface area contributed by atoms with Crippen molar-refractivity contribution in [1.29, 1.82) is 0 Å². The number of aryl methyl sites for hydroxylation is 1. The van der Waals surface area contributed by atoms with E-state index in [1.165, 1.54) is 5.56 Å². The Hall–Kier alpha value is -2.08. The normalized spacial score (nSPS) is 18.8. The first-order valence-corrected chi connectivity index (χ1v) is 6.62. The number of primary amides is 1. The molecule has 2 atom stereocenters. The lowest BCUT2D eigenvalue weighted by atomic mass is 9.88. The van der Waals surface area contributed by atoms with Gasteiger partial charge >= 0.3 is 6.03 Å². The summed E-state index contributed by atoms with van der Waals surface area (Å²) < 4.78 is 5.52. The number of urea groups is 1. The first kappa shape index (κ1) is 14.3. The number of ether oxygens (including phenoxy) is 1. The van der Waals surface area contributed by atoms with Crippen LogP contribution >= 0.6 is 0 Å². The number of nitrogens with one attached hydrogen (secondary N) is 1. The van der Waals surface area contributed by atoms with E-state index >= 15 is 0 Å². The quantitative estimate of drug-likeness (QED) is 0.765. The standard InChI is InChI=1S/C14H19N3O3/c1-8(13(18)17-14(16)19)20-10-6-5-9-3-2-4-12(15)11(9)7-10/h5-8,12H,2-4,15H2,1H3,(H3,16,17,18,19). The largest absolute Gasteiger partial charge is 0.481 e. The Bertz CT molecular complexity index is 530. The SMILES string of the molecule is CC(Oc1ccc2c(c1)C(N)CCC2)C(=O)NC(N)=O. The molecule has 0 saturated heterocycles. The van der Waals surface area contributed by atoms with E-state index in [2.05, 4.69) is 0 Å². The number of carbonyl (C=O) groups excluding carboxylic acids is 2. The zero-order valence-electron chi connectivity index (χ0n) is 11.4. The highest BCUT2D eigenvalue weighted by Crippen LogP contribution is 2.31. The molecule has 1 aliphatic rings. The minimum atomic E-state index is -0.891. The van der Waals surface area contributed by atoms with Crippen molar-refractivity contribution in [3.63, 3.8) is 0 Å². The van der Waals surface area contributed by atoms with E-state index < -0.39 is 18.0 Å². The van der Waals surface area contributed by atoms with Gasteiger partial charge in [0.05, 0.1) is 0 Å². The van der Waals surface area contributed by atoms with Gasteiger partial charge in [0.1, 0.15) is 5.75 Å². The molecular formula is C14H19N3O3. The van der Waals surface area contributed by atoms with Crippen LogP contribution in [0.4, 0.5) is 4.79 Å². The molecule has 0 spiro atoms. The van der Waals surface area contributed by atoms with Gasteiger partial charge in [0.15, 0.2) is 6.10 Å². The van der Waals surface area contributed by atoms with Crippen LogP contribution in [0.25, 0.3) is 0 Å². The molecule has 0 heterocycles. The molecule has 5 N–H and O–H groups in total. The lowest BCUT2D eigenvalue weighted by Gasteiger charge is -2.23. The van der Waals surface area contributed by atoms with E-state index in [9.17, 15) is 9.59 Å². The minimum absolute atomic E-state index is 0.0112. The molecule has 0 aliphatic heterocycles. The molecular weight excluding hydrogens is 258 g/mol. The second-order valence-electron chi connectivity index (χ2n) is 4.97. The zero-order chi connectivity index (χ0) is 14.7. The smallest absolute Gasteiger partial charge is 0.318 e. The van der Waals surface area contributed by atoms with Crippen LogP contribution in [-0.2, 0) is 11.2 Å². The predicted molar refractivity (Wildman–Crippen MR) is 74.1 cm³/mol. The number of hydrogen-bond acceptors (Lipinski definition) is 4. The maximum absolute atomic E-state index is 11.5. The summed E-state index contributed by atoms with van der Waals surface area (Å²) in [5.74, 6) is -0.00672. The Morgan fingerprint density at radius 3 is 2.90 bits per heavy atom. The van der Waals surface area contributed by atoms with Gasteiger partial charge in [0.25, 0.3) is 5.91 Å². The summed E-state index contributed by atoms with van der Waals surface area (Å²) in [6.45, 7) is 1.55. The molecule has 0 bridgehead atoms. The minimum Gasteiger partial charge on any atom is -0.481 e. The van der Waals surface area contributed by atoms with E-state index in [1.54, 1.807) is 6.92 Å². The van der Waals surface area contributed by atoms with Gasteiger partial charge in [-0.3, -0.25) is 10.1 Å². The van der Waals surface area contributed by atoms with E-state index in [0.717, 1.165) is 24.8 Å². The highest BCUT2D eigenvalue weighted by atomic mass is 16.5. The molecule has 0 radical (unpaired) electrons. The molecule has 6 heteroatoms. The van der Waals surface area contributed by atoms with Crippen molar-refractivity contribution in [2.24, 2.45) is 11.5 Å². The summed E-state index contributed by atoms with van der Waals surface area (Å²) in [5, 5.41) is 1.98. The monoisotopic (exact) mass is 277 g/mol. The number of imide groups is 1. The highest BCUT2D eigenvalue weighted by Gasteiger charge is 2.20. The average Bonchev–Trinajstić information content (AvgIpc) is 2.39. The fourth-order valence-electron chi connectivity index (χ4n) is 2.37. The van der Waals surface area contributed by atoms with E-state index in [0.29, 0.717) is 5.75 Å². The summed E-state index contributed by atoms with van der Waals surface area (Å²) in [7, 11) is 0. The lowest BCUT2D eigenvalue weighted by Crippen LogP contribution is -2.42. The molecule has 0 aromatic heterocycles. The Balaban J connectivity index is 2.08. The van der Waals surface area contributed by atoms with Gasteiger partial charge in [0.2, 0.25) is 0 Å². The van der Waals surface area contributed by atoms with Crippen LogP contribution in [0.2, 0.25) is 0 Å². The Morgan fingerprint density at radius 1 is 1.45 bits per heavy atom. The van der Waals surface area contributed by atoms with Crippen LogP contribution in [0, 0.1) is 0 Å². The number of hydrogen-bond donors (Lipinski definition) is 3. The van der Waals surface area contributed by atoms with Gasteiger partial charge in [-0.1, -0.05) is 6.07 Å². The molecule has 3 amide bonds. The maximum Gasteiger partial charge on any atom is 0.318 e. The molecule has 1 aromatic rings. The first-order chi connectivity index (χ1) is 9.47. The van der Waals surface area contributed by atoms with Crippen molar-refractivity contribution in [1.82, 2.24) is 5.32 Å². The molecule has 2 unspecified atom stereocenters. The van der Waals surface area contributed by atoms with Gasteiger partial charge in [0, 0.05) is 6.04 Å². The number of amides is 3. The molecule has 6 nitrogen and oxygen atoms in total. The van der Waals surface area contributed by atoms with Gasteiger partial charge in [-0.25, -0.2) is 4.79 Å². The first-order valence-electron chi connectivity index (χ1n) is 6.62. The van der Waals surface area contributed by atoms with Crippen molar-refractivity contribution in [3.05, 3.63) is 29.3 Å². The molecule has 1 aliphatic carbocycles. The van der Waals surface area contributed by atoms with E-state index in [-0.39, 0.29) is 6.04 Å². The fraction of sp³-hybridized carbons (Fsp3) is 0.429. The van der Waals surface area contributed by atoms with Crippen molar-refractivity contribution in [2.45, 2.75) is 38.3 Å². The summed E-state index contributed by atoms with van der Waals surface area (Å²) in [6, 6.07) is 4.77. The highest BCUT2D eigenvalue weighted by molar-refractivity contribution is 5.95. The van der Waals surface area contributed by atoms with Crippen LogP contribution in [0.1, 0.15) is 36.9 Å². The summed E-state index contributed by atoms with van der Waals surface area (Å²) in [4.78, 5) is 22.2. The third-order valence-corrected chi connectivity index (χ3v) is 3.41. The number of rotatable bonds is 3. The van der Waals surface area contributed by atoms with Gasteiger partial charge < -0.3 is 16.2 Å². The van der Waals surface area contributed by atoms with Crippen LogP contribution in [0.15, 0.2) is 18.2 Å². The maximum atomic E-state index is 11.5. The van der Waals surface area contributed by atoms with Crippen LogP contribution < -0.4 is 21.5 Å². The van der Waals surface area contributed by atoms with Gasteiger partial charge in [-0.15, -0.1) is 0 Å². The number of benzene rings is 1. The van der Waals surface area contributed by atoms with E-state index in [4.69, 9.17) is 16.2 Å². The zero-order valence-corrected chi connectivity index (χ0v) is 11.4. The Kier molecular flexibility index (Phi) is 4.24. The Labute approximate surface area is 117 Å². The number of carbonyl (C=O) groups is 2. The van der Waals surface area contributed by atoms with Crippen molar-refractivity contribution >= 4 is 11.9 Å². The third kappa shape index (κ3) is 3.27. The van der Waals surface area contributed by atoms with Crippen molar-refractivity contribution < 1.29 is 14.3 Å². The average molecular weight is 277 g/mol. The summed E-state index contributed by atoms with van der Waals surface area (Å²) >= 11 is 0. The van der Waals surface area contributed by atoms with Gasteiger partial charge in [-0.05, 0) is 49.4 Å².